The summed E-state index contributed by atoms with van der Waals surface area (Å²) < 4.78 is 20.0. The maximum Gasteiger partial charge on any atom is 0.265 e. The summed E-state index contributed by atoms with van der Waals surface area (Å²) >= 11 is 1.23. The molecular weight excluding hydrogens is 313 g/mol. The number of thiophene rings is 1. The smallest absolute Gasteiger partial charge is 0.265 e. The Hall–Kier alpha value is -2.40. The minimum Gasteiger partial charge on any atom is -0.494 e. The zero-order valence-corrected chi connectivity index (χ0v) is 13.6. The molecule has 118 valence electrons. The van der Waals surface area contributed by atoms with Crippen LogP contribution in [0.5, 0.6) is 5.75 Å². The summed E-state index contributed by atoms with van der Waals surface area (Å²) in [5, 5.41) is 3.30. The van der Waals surface area contributed by atoms with E-state index in [1.807, 2.05) is 37.3 Å². The van der Waals surface area contributed by atoms with Gasteiger partial charge in [-0.3, -0.25) is 4.79 Å². The summed E-state index contributed by atoms with van der Waals surface area (Å²) in [6, 6.07) is 14.3. The fraction of sp³-hybridized carbons (Fsp3) is 0.167. The van der Waals surface area contributed by atoms with Crippen molar-refractivity contribution in [3.63, 3.8) is 0 Å². The number of methoxy groups -OCH3 is 1. The lowest BCUT2D eigenvalue weighted by Gasteiger charge is -2.14. The molecule has 3 rings (SSSR count). The van der Waals surface area contributed by atoms with Gasteiger partial charge >= 0.3 is 0 Å². The molecule has 23 heavy (non-hydrogen) atoms. The summed E-state index contributed by atoms with van der Waals surface area (Å²) in [6.07, 6.45) is 0. The van der Waals surface area contributed by atoms with Gasteiger partial charge in [0.2, 0.25) is 0 Å². The number of hydrogen-bond donors (Lipinski definition) is 1. The van der Waals surface area contributed by atoms with Gasteiger partial charge in [-0.15, -0.1) is 11.3 Å². The van der Waals surface area contributed by atoms with E-state index in [1.165, 1.54) is 24.5 Å². The number of hydrogen-bond acceptors (Lipinski definition) is 3. The average Bonchev–Trinajstić information content (AvgIpc) is 2.95. The third kappa shape index (κ3) is 2.92. The molecule has 0 aliphatic rings. The van der Waals surface area contributed by atoms with Gasteiger partial charge in [-0.25, -0.2) is 4.39 Å². The summed E-state index contributed by atoms with van der Waals surface area (Å²) in [4.78, 5) is 13.0. The van der Waals surface area contributed by atoms with Crippen molar-refractivity contribution in [3.05, 3.63) is 64.8 Å². The second-order valence-electron chi connectivity index (χ2n) is 5.18. The molecule has 1 amide bonds. The molecule has 0 aliphatic carbocycles. The van der Waals surface area contributed by atoms with E-state index in [1.54, 1.807) is 12.1 Å². The van der Waals surface area contributed by atoms with Gasteiger partial charge < -0.3 is 10.1 Å². The molecule has 2 aromatic carbocycles. The fourth-order valence-electron chi connectivity index (χ4n) is 2.51. The number of amides is 1. The third-order valence-corrected chi connectivity index (χ3v) is 4.81. The lowest BCUT2D eigenvalue weighted by atomic mass is 10.1. The van der Waals surface area contributed by atoms with Crippen LogP contribution in [-0.2, 0) is 0 Å². The van der Waals surface area contributed by atoms with Crippen LogP contribution in [0.3, 0.4) is 0 Å². The van der Waals surface area contributed by atoms with E-state index in [9.17, 15) is 9.18 Å². The summed E-state index contributed by atoms with van der Waals surface area (Å²) in [5.74, 6) is -0.356. The summed E-state index contributed by atoms with van der Waals surface area (Å²) in [7, 11) is 1.45. The Labute approximate surface area is 137 Å². The van der Waals surface area contributed by atoms with E-state index in [0.29, 0.717) is 20.7 Å². The molecule has 3 aromatic rings. The van der Waals surface area contributed by atoms with Gasteiger partial charge in [-0.05, 0) is 24.6 Å². The van der Waals surface area contributed by atoms with Crippen LogP contribution in [0.25, 0.3) is 10.1 Å². The summed E-state index contributed by atoms with van der Waals surface area (Å²) in [5.41, 5.74) is 1.01. The topological polar surface area (TPSA) is 38.3 Å². The molecule has 0 unspecified atom stereocenters. The highest BCUT2D eigenvalue weighted by Gasteiger charge is 2.22. The van der Waals surface area contributed by atoms with E-state index in [0.717, 1.165) is 5.56 Å². The van der Waals surface area contributed by atoms with E-state index in [2.05, 4.69) is 5.32 Å². The predicted molar refractivity (Wildman–Crippen MR) is 90.7 cm³/mol. The number of nitrogens with one attached hydrogen (secondary N) is 1. The number of rotatable bonds is 4. The van der Waals surface area contributed by atoms with Gasteiger partial charge in [0, 0.05) is 4.70 Å². The van der Waals surface area contributed by atoms with Gasteiger partial charge in [0.15, 0.2) is 5.75 Å². The van der Waals surface area contributed by atoms with Crippen molar-refractivity contribution >= 4 is 27.3 Å². The van der Waals surface area contributed by atoms with Crippen molar-refractivity contribution in [1.29, 1.82) is 0 Å². The molecule has 1 aromatic heterocycles. The summed E-state index contributed by atoms with van der Waals surface area (Å²) in [6.45, 7) is 1.91. The second kappa shape index (κ2) is 6.38. The van der Waals surface area contributed by atoms with Crippen LogP contribution in [0, 0.1) is 5.82 Å². The highest BCUT2D eigenvalue weighted by atomic mass is 32.1. The minimum absolute atomic E-state index is 0.150. The van der Waals surface area contributed by atoms with Crippen LogP contribution in [0.4, 0.5) is 4.39 Å². The Kier molecular flexibility index (Phi) is 4.30. The van der Waals surface area contributed by atoms with Crippen molar-refractivity contribution in [2.45, 2.75) is 13.0 Å². The average molecular weight is 329 g/mol. The second-order valence-corrected chi connectivity index (χ2v) is 6.24. The van der Waals surface area contributed by atoms with E-state index >= 15 is 0 Å². The van der Waals surface area contributed by atoms with E-state index < -0.39 is 0 Å². The Morgan fingerprint density at radius 3 is 2.61 bits per heavy atom. The normalized spacial score (nSPS) is 12.1. The van der Waals surface area contributed by atoms with Crippen LogP contribution in [-0.4, -0.2) is 13.0 Å². The zero-order valence-electron chi connectivity index (χ0n) is 12.8. The molecule has 0 saturated heterocycles. The van der Waals surface area contributed by atoms with Crippen LogP contribution >= 0.6 is 11.3 Å². The zero-order chi connectivity index (χ0) is 16.4. The first-order valence-corrected chi connectivity index (χ1v) is 8.04. The molecule has 1 atom stereocenters. The molecule has 0 aliphatic heterocycles. The number of ether oxygens (including phenoxy) is 1. The first-order valence-electron chi connectivity index (χ1n) is 7.22. The number of carbonyl (C=O) groups excluding carboxylic acids is 1. The first kappa shape index (κ1) is 15.5. The van der Waals surface area contributed by atoms with E-state index in [4.69, 9.17) is 4.74 Å². The van der Waals surface area contributed by atoms with Gasteiger partial charge in [-0.1, -0.05) is 36.4 Å². The molecule has 1 heterocycles. The number of carbonyl (C=O) groups is 1. The van der Waals surface area contributed by atoms with E-state index in [-0.39, 0.29) is 17.8 Å². The predicted octanol–water partition coefficient (Wildman–Crippen LogP) is 4.54. The SMILES string of the molecule is COc1c(C(=O)N[C@@H](C)c2ccccc2)sc2cccc(F)c12. The van der Waals surface area contributed by atoms with Crippen molar-refractivity contribution in [3.8, 4) is 5.75 Å². The monoisotopic (exact) mass is 329 g/mol. The van der Waals surface area contributed by atoms with Gasteiger partial charge in [-0.2, -0.15) is 0 Å². The van der Waals surface area contributed by atoms with Crippen LogP contribution < -0.4 is 10.1 Å². The van der Waals surface area contributed by atoms with Gasteiger partial charge in [0.1, 0.15) is 10.7 Å². The molecular formula is C18H16FNO2S. The highest BCUT2D eigenvalue weighted by Crippen LogP contribution is 2.39. The Balaban J connectivity index is 1.94. The molecule has 1 N–H and O–H groups in total. The molecule has 5 heteroatoms. The van der Waals surface area contributed by atoms with Crippen molar-refractivity contribution in [2.24, 2.45) is 0 Å². The van der Waals surface area contributed by atoms with Crippen molar-refractivity contribution < 1.29 is 13.9 Å². The molecule has 0 fully saturated rings. The number of benzene rings is 2. The molecule has 0 radical (unpaired) electrons. The van der Waals surface area contributed by atoms with Crippen LogP contribution in [0.2, 0.25) is 0 Å². The fourth-order valence-corrected chi connectivity index (χ4v) is 3.60. The number of halogens is 1. The van der Waals surface area contributed by atoms with Crippen molar-refractivity contribution in [1.82, 2.24) is 5.32 Å². The lowest BCUT2D eigenvalue weighted by molar-refractivity contribution is 0.0941. The van der Waals surface area contributed by atoms with Crippen LogP contribution in [0.1, 0.15) is 28.2 Å². The highest BCUT2D eigenvalue weighted by molar-refractivity contribution is 7.21. The lowest BCUT2D eigenvalue weighted by Crippen LogP contribution is -2.26. The molecule has 0 bridgehead atoms. The Morgan fingerprint density at radius 2 is 1.91 bits per heavy atom. The van der Waals surface area contributed by atoms with Crippen molar-refractivity contribution in [2.75, 3.05) is 7.11 Å². The quantitative estimate of drug-likeness (QED) is 0.763. The largest absolute Gasteiger partial charge is 0.494 e. The van der Waals surface area contributed by atoms with Crippen LogP contribution in [0.15, 0.2) is 48.5 Å². The standard InChI is InChI=1S/C18H16FNO2S/c1-11(12-7-4-3-5-8-12)20-18(21)17-16(22-2)15-13(19)9-6-10-14(15)23-17/h3-11H,1-2H3,(H,20,21)/t11-/m0/s1. The molecule has 0 saturated carbocycles. The molecule has 0 spiro atoms. The Morgan fingerprint density at radius 1 is 1.17 bits per heavy atom. The van der Waals surface area contributed by atoms with Gasteiger partial charge in [0.05, 0.1) is 18.5 Å². The van der Waals surface area contributed by atoms with Gasteiger partial charge in [0.25, 0.3) is 5.91 Å². The minimum atomic E-state index is -0.384. The molecule has 3 nitrogen and oxygen atoms in total. The maximum atomic E-state index is 14.0. The third-order valence-electron chi connectivity index (χ3n) is 3.68. The Bertz CT molecular complexity index is 845. The maximum absolute atomic E-state index is 14.0. The first-order chi connectivity index (χ1) is 11.1. The number of fused-ring (bicyclic) bond motifs is 1.